The quantitative estimate of drug-likeness (QED) is 0.785. The predicted molar refractivity (Wildman–Crippen MR) is 65.2 cm³/mol. The van der Waals surface area contributed by atoms with Crippen molar-refractivity contribution in [2.75, 3.05) is 5.73 Å². The molecule has 0 radical (unpaired) electrons. The van der Waals surface area contributed by atoms with Crippen LogP contribution in [0, 0.1) is 13.8 Å². The first-order chi connectivity index (χ1) is 7.63. The Hall–Kier alpha value is -1.77. The molecule has 0 saturated carbocycles. The Labute approximate surface area is 95.3 Å². The summed E-state index contributed by atoms with van der Waals surface area (Å²) in [6.45, 7) is 6.02. The summed E-state index contributed by atoms with van der Waals surface area (Å²) >= 11 is 0. The number of hydrogen-bond donors (Lipinski definition) is 1. The summed E-state index contributed by atoms with van der Waals surface area (Å²) in [6, 6.07) is 5.81. The van der Waals surface area contributed by atoms with Crippen LogP contribution in [0.2, 0.25) is 0 Å². The molecule has 1 heterocycles. The second-order valence-electron chi connectivity index (χ2n) is 3.92. The van der Waals surface area contributed by atoms with Gasteiger partial charge in [-0.2, -0.15) is 0 Å². The summed E-state index contributed by atoms with van der Waals surface area (Å²) in [7, 11) is 0. The maximum absolute atomic E-state index is 5.95. The van der Waals surface area contributed by atoms with Crippen molar-refractivity contribution in [1.82, 2.24) is 4.98 Å². The summed E-state index contributed by atoms with van der Waals surface area (Å²) in [4.78, 5) is 4.43. The molecule has 1 aromatic heterocycles. The van der Waals surface area contributed by atoms with E-state index >= 15 is 0 Å². The van der Waals surface area contributed by atoms with Crippen molar-refractivity contribution < 1.29 is 4.42 Å². The molecule has 16 heavy (non-hydrogen) atoms. The molecule has 3 nitrogen and oxygen atoms in total. The Morgan fingerprint density at radius 2 is 2.06 bits per heavy atom. The van der Waals surface area contributed by atoms with E-state index in [1.54, 1.807) is 0 Å². The molecule has 0 saturated heterocycles. The fraction of sp³-hybridized carbons (Fsp3) is 0.308. The van der Waals surface area contributed by atoms with Gasteiger partial charge in [-0.1, -0.05) is 19.1 Å². The maximum atomic E-state index is 5.95. The molecule has 0 amide bonds. The van der Waals surface area contributed by atoms with Crippen LogP contribution in [0.1, 0.15) is 23.9 Å². The van der Waals surface area contributed by atoms with Crippen LogP contribution in [0.4, 0.5) is 5.69 Å². The van der Waals surface area contributed by atoms with Gasteiger partial charge in [-0.25, -0.2) is 4.98 Å². The van der Waals surface area contributed by atoms with Crippen LogP contribution in [-0.4, -0.2) is 4.98 Å². The number of anilines is 1. The van der Waals surface area contributed by atoms with Gasteiger partial charge >= 0.3 is 0 Å². The van der Waals surface area contributed by atoms with Gasteiger partial charge in [0.25, 0.3) is 0 Å². The van der Waals surface area contributed by atoms with Gasteiger partial charge in [0.1, 0.15) is 5.76 Å². The first kappa shape index (κ1) is 10.7. The number of hydrogen-bond acceptors (Lipinski definition) is 3. The number of oxazole rings is 1. The molecular formula is C13H16N2O. The minimum Gasteiger partial charge on any atom is -0.441 e. The number of nitrogens with two attached hydrogens (primary N) is 1. The van der Waals surface area contributed by atoms with Crippen molar-refractivity contribution >= 4 is 5.69 Å². The van der Waals surface area contributed by atoms with E-state index in [-0.39, 0.29) is 0 Å². The number of nitrogens with zero attached hydrogens (tertiary/aromatic N) is 1. The van der Waals surface area contributed by atoms with Crippen LogP contribution >= 0.6 is 0 Å². The van der Waals surface area contributed by atoms with E-state index in [0.29, 0.717) is 11.6 Å². The third-order valence-corrected chi connectivity index (χ3v) is 2.73. The lowest BCUT2D eigenvalue weighted by Gasteiger charge is -2.04. The van der Waals surface area contributed by atoms with Gasteiger partial charge in [0.2, 0.25) is 5.89 Å². The lowest BCUT2D eigenvalue weighted by atomic mass is 10.1. The highest BCUT2D eigenvalue weighted by Crippen LogP contribution is 2.30. The van der Waals surface area contributed by atoms with Gasteiger partial charge in [-0.3, -0.25) is 0 Å². The number of nitrogen functional groups attached to an aromatic ring is 1. The van der Waals surface area contributed by atoms with Crippen LogP contribution in [0.5, 0.6) is 0 Å². The monoisotopic (exact) mass is 216 g/mol. The molecule has 0 fully saturated rings. The van der Waals surface area contributed by atoms with Gasteiger partial charge in [0, 0.05) is 12.1 Å². The van der Waals surface area contributed by atoms with Crippen molar-refractivity contribution in [1.29, 1.82) is 0 Å². The molecular weight excluding hydrogens is 200 g/mol. The highest BCUT2D eigenvalue weighted by molar-refractivity contribution is 5.73. The standard InChI is InChI=1S/C13H16N2O/c1-4-11-9(3)15-13(16-11)12-8(2)6-5-7-10(12)14/h5-7H,4,14H2,1-3H3. The predicted octanol–water partition coefficient (Wildman–Crippen LogP) is 3.10. The summed E-state index contributed by atoms with van der Waals surface area (Å²) in [5.41, 5.74) is 9.61. The zero-order valence-electron chi connectivity index (χ0n) is 9.87. The fourth-order valence-electron chi connectivity index (χ4n) is 1.85. The van der Waals surface area contributed by atoms with E-state index in [1.165, 1.54) is 0 Å². The topological polar surface area (TPSA) is 52.0 Å². The molecule has 2 aromatic rings. The van der Waals surface area contributed by atoms with E-state index in [0.717, 1.165) is 29.0 Å². The van der Waals surface area contributed by atoms with Gasteiger partial charge in [0.05, 0.1) is 11.3 Å². The molecule has 0 unspecified atom stereocenters. The second kappa shape index (κ2) is 4.00. The molecule has 0 aliphatic carbocycles. The van der Waals surface area contributed by atoms with Crippen molar-refractivity contribution in [3.8, 4) is 11.5 Å². The summed E-state index contributed by atoms with van der Waals surface area (Å²) in [5.74, 6) is 1.56. The summed E-state index contributed by atoms with van der Waals surface area (Å²) in [5, 5.41) is 0. The fourth-order valence-corrected chi connectivity index (χ4v) is 1.85. The molecule has 0 bridgehead atoms. The maximum Gasteiger partial charge on any atom is 0.228 e. The van der Waals surface area contributed by atoms with Crippen molar-refractivity contribution in [3.05, 3.63) is 35.2 Å². The molecule has 0 atom stereocenters. The number of aryl methyl sites for hydroxylation is 3. The largest absolute Gasteiger partial charge is 0.441 e. The van der Waals surface area contributed by atoms with E-state index in [9.17, 15) is 0 Å². The lowest BCUT2D eigenvalue weighted by Crippen LogP contribution is -1.92. The number of aromatic nitrogens is 1. The molecule has 3 heteroatoms. The van der Waals surface area contributed by atoms with E-state index in [4.69, 9.17) is 10.2 Å². The first-order valence-electron chi connectivity index (χ1n) is 5.45. The van der Waals surface area contributed by atoms with Crippen molar-refractivity contribution in [3.63, 3.8) is 0 Å². The first-order valence-corrected chi connectivity index (χ1v) is 5.45. The Morgan fingerprint density at radius 3 is 2.62 bits per heavy atom. The smallest absolute Gasteiger partial charge is 0.228 e. The third-order valence-electron chi connectivity index (χ3n) is 2.73. The van der Waals surface area contributed by atoms with Crippen molar-refractivity contribution in [2.45, 2.75) is 27.2 Å². The van der Waals surface area contributed by atoms with E-state index in [1.807, 2.05) is 32.0 Å². The molecule has 2 rings (SSSR count). The molecule has 0 aliphatic rings. The van der Waals surface area contributed by atoms with Crippen LogP contribution in [0.25, 0.3) is 11.5 Å². The van der Waals surface area contributed by atoms with Gasteiger partial charge in [-0.05, 0) is 25.5 Å². The molecule has 0 spiro atoms. The minimum absolute atomic E-state index is 0.630. The molecule has 1 aromatic carbocycles. The van der Waals surface area contributed by atoms with Gasteiger partial charge in [0.15, 0.2) is 0 Å². The van der Waals surface area contributed by atoms with Crippen LogP contribution in [-0.2, 0) is 6.42 Å². The SMILES string of the molecule is CCc1oc(-c2c(C)cccc2N)nc1C. The number of benzene rings is 1. The van der Waals surface area contributed by atoms with E-state index < -0.39 is 0 Å². The second-order valence-corrected chi connectivity index (χ2v) is 3.92. The van der Waals surface area contributed by atoms with Crippen LogP contribution in [0.3, 0.4) is 0 Å². The van der Waals surface area contributed by atoms with Gasteiger partial charge < -0.3 is 10.2 Å². The Bertz CT molecular complexity index is 494. The molecule has 84 valence electrons. The molecule has 2 N–H and O–H groups in total. The summed E-state index contributed by atoms with van der Waals surface area (Å²) in [6.07, 6.45) is 0.852. The zero-order chi connectivity index (χ0) is 11.7. The number of rotatable bonds is 2. The van der Waals surface area contributed by atoms with Gasteiger partial charge in [-0.15, -0.1) is 0 Å². The van der Waals surface area contributed by atoms with Crippen LogP contribution < -0.4 is 5.73 Å². The highest BCUT2D eigenvalue weighted by Gasteiger charge is 2.14. The average Bonchev–Trinajstić information content (AvgIpc) is 2.59. The Kier molecular flexibility index (Phi) is 2.69. The van der Waals surface area contributed by atoms with Crippen molar-refractivity contribution in [2.24, 2.45) is 0 Å². The Morgan fingerprint density at radius 1 is 1.31 bits per heavy atom. The minimum atomic E-state index is 0.630. The lowest BCUT2D eigenvalue weighted by molar-refractivity contribution is 0.522. The third kappa shape index (κ3) is 1.69. The average molecular weight is 216 g/mol. The zero-order valence-corrected chi connectivity index (χ0v) is 9.87. The van der Waals surface area contributed by atoms with Crippen LogP contribution in [0.15, 0.2) is 22.6 Å². The normalized spacial score (nSPS) is 10.7. The summed E-state index contributed by atoms with van der Waals surface area (Å²) < 4.78 is 5.72. The molecule has 0 aliphatic heterocycles. The highest BCUT2D eigenvalue weighted by atomic mass is 16.4. The Balaban J connectivity index is 2.58. The van der Waals surface area contributed by atoms with E-state index in [2.05, 4.69) is 11.9 Å².